The van der Waals surface area contributed by atoms with Gasteiger partial charge in [-0.1, -0.05) is 6.07 Å². The van der Waals surface area contributed by atoms with E-state index >= 15 is 0 Å². The second-order valence-electron chi connectivity index (χ2n) is 6.11. The summed E-state index contributed by atoms with van der Waals surface area (Å²) < 4.78 is 26.2. The van der Waals surface area contributed by atoms with E-state index in [1.165, 1.54) is 19.2 Å². The molecule has 0 bridgehead atoms. The van der Waals surface area contributed by atoms with E-state index in [1.54, 1.807) is 11.0 Å². The average Bonchev–Trinajstić information content (AvgIpc) is 2.54. The van der Waals surface area contributed by atoms with E-state index in [-0.39, 0.29) is 10.8 Å². The van der Waals surface area contributed by atoms with Gasteiger partial charge < -0.3 is 4.90 Å². The van der Waals surface area contributed by atoms with Crippen LogP contribution in [0.25, 0.3) is 0 Å². The van der Waals surface area contributed by atoms with E-state index in [2.05, 4.69) is 23.5 Å². The maximum Gasteiger partial charge on any atom is 0.254 e. The van der Waals surface area contributed by atoms with Crippen LogP contribution in [0.5, 0.6) is 0 Å². The van der Waals surface area contributed by atoms with Crippen LogP contribution in [0.15, 0.2) is 23.1 Å². The van der Waals surface area contributed by atoms with Crippen LogP contribution in [0.2, 0.25) is 0 Å². The Morgan fingerprint density at radius 1 is 1.17 bits per heavy atom. The molecule has 1 N–H and O–H groups in total. The van der Waals surface area contributed by atoms with Crippen molar-refractivity contribution in [2.45, 2.75) is 31.7 Å². The lowest BCUT2D eigenvalue weighted by molar-refractivity contribution is 0.0594. The van der Waals surface area contributed by atoms with Crippen molar-refractivity contribution in [3.63, 3.8) is 0 Å². The highest BCUT2D eigenvalue weighted by Crippen LogP contribution is 2.18. The van der Waals surface area contributed by atoms with Crippen LogP contribution in [-0.4, -0.2) is 63.4 Å². The minimum atomic E-state index is -3.55. The van der Waals surface area contributed by atoms with Gasteiger partial charge in [-0.2, -0.15) is 0 Å². The molecule has 1 aromatic carbocycles. The van der Waals surface area contributed by atoms with Gasteiger partial charge in [-0.05, 0) is 45.5 Å². The van der Waals surface area contributed by atoms with Crippen LogP contribution < -0.4 is 4.72 Å². The number of carbonyl (C=O) groups excluding carboxylic acids is 1. The summed E-state index contributed by atoms with van der Waals surface area (Å²) in [5, 5.41) is 0. The number of amides is 1. The summed E-state index contributed by atoms with van der Waals surface area (Å²) in [5.41, 5.74) is 1.25. The summed E-state index contributed by atoms with van der Waals surface area (Å²) in [5.74, 6) is -0.0981. The van der Waals surface area contributed by atoms with Gasteiger partial charge in [0.05, 0.1) is 4.90 Å². The molecule has 0 spiro atoms. The molecule has 0 aromatic heterocycles. The fourth-order valence-corrected chi connectivity index (χ4v) is 3.48. The zero-order valence-electron chi connectivity index (χ0n) is 14.2. The number of hydrogen-bond donors (Lipinski definition) is 1. The number of piperazine rings is 1. The lowest BCUT2D eigenvalue weighted by Crippen LogP contribution is -2.50. The van der Waals surface area contributed by atoms with Gasteiger partial charge in [0.2, 0.25) is 10.0 Å². The fourth-order valence-electron chi connectivity index (χ4n) is 2.73. The van der Waals surface area contributed by atoms with Crippen LogP contribution in [0.3, 0.4) is 0 Å². The molecule has 0 aliphatic carbocycles. The Morgan fingerprint density at radius 2 is 1.78 bits per heavy atom. The van der Waals surface area contributed by atoms with Crippen molar-refractivity contribution in [3.8, 4) is 0 Å². The van der Waals surface area contributed by atoms with Crippen LogP contribution in [0, 0.1) is 6.92 Å². The van der Waals surface area contributed by atoms with E-state index in [1.807, 2.05) is 6.92 Å². The molecule has 1 saturated heterocycles. The van der Waals surface area contributed by atoms with Gasteiger partial charge in [0, 0.05) is 37.8 Å². The van der Waals surface area contributed by atoms with Crippen molar-refractivity contribution in [2.24, 2.45) is 0 Å². The molecule has 0 unspecified atom stereocenters. The largest absolute Gasteiger partial charge is 0.336 e. The van der Waals surface area contributed by atoms with Crippen LogP contribution in [0.4, 0.5) is 0 Å². The normalized spacial score (nSPS) is 16.8. The molecule has 0 radical (unpaired) electrons. The number of nitrogens with one attached hydrogen (secondary N) is 1. The predicted octanol–water partition coefficient (Wildman–Crippen LogP) is 1.07. The van der Waals surface area contributed by atoms with E-state index < -0.39 is 10.0 Å². The second-order valence-corrected chi connectivity index (χ2v) is 7.99. The zero-order valence-corrected chi connectivity index (χ0v) is 15.0. The summed E-state index contributed by atoms with van der Waals surface area (Å²) in [6.45, 7) is 9.14. The van der Waals surface area contributed by atoms with Gasteiger partial charge >= 0.3 is 0 Å². The van der Waals surface area contributed by atoms with Gasteiger partial charge in [0.1, 0.15) is 0 Å². The van der Waals surface area contributed by atoms with Crippen molar-refractivity contribution < 1.29 is 13.2 Å². The van der Waals surface area contributed by atoms with Gasteiger partial charge in [-0.15, -0.1) is 0 Å². The summed E-state index contributed by atoms with van der Waals surface area (Å²) in [4.78, 5) is 17.0. The minimum Gasteiger partial charge on any atom is -0.336 e. The third-order valence-electron chi connectivity index (χ3n) is 4.35. The first-order valence-electron chi connectivity index (χ1n) is 7.84. The zero-order chi connectivity index (χ0) is 17.2. The molecule has 1 aliphatic rings. The number of carbonyl (C=O) groups is 1. The van der Waals surface area contributed by atoms with Gasteiger partial charge in [0.15, 0.2) is 0 Å². The number of rotatable bonds is 4. The lowest BCUT2D eigenvalue weighted by atomic mass is 10.1. The number of nitrogens with zero attached hydrogens (tertiary/aromatic N) is 2. The Kier molecular flexibility index (Phi) is 5.44. The van der Waals surface area contributed by atoms with Crippen LogP contribution in [0.1, 0.15) is 29.8 Å². The highest BCUT2D eigenvalue weighted by molar-refractivity contribution is 7.89. The van der Waals surface area contributed by atoms with E-state index in [9.17, 15) is 13.2 Å². The van der Waals surface area contributed by atoms with Crippen molar-refractivity contribution in [2.75, 3.05) is 33.2 Å². The highest BCUT2D eigenvalue weighted by Gasteiger charge is 2.25. The molecule has 2 rings (SSSR count). The number of aryl methyl sites for hydroxylation is 1. The van der Waals surface area contributed by atoms with E-state index in [0.717, 1.165) is 18.7 Å². The summed E-state index contributed by atoms with van der Waals surface area (Å²) in [6.07, 6.45) is 0. The predicted molar refractivity (Wildman–Crippen MR) is 90.0 cm³/mol. The first-order valence-corrected chi connectivity index (χ1v) is 9.32. The first kappa shape index (κ1) is 17.9. The molecule has 0 atom stereocenters. The molecule has 6 nitrogen and oxygen atoms in total. The second kappa shape index (κ2) is 6.98. The molecular formula is C16H25N3O3S. The van der Waals surface area contributed by atoms with Crippen molar-refractivity contribution >= 4 is 15.9 Å². The molecule has 1 amide bonds. The topological polar surface area (TPSA) is 69.7 Å². The summed E-state index contributed by atoms with van der Waals surface area (Å²) in [6, 6.07) is 5.15. The summed E-state index contributed by atoms with van der Waals surface area (Å²) >= 11 is 0. The Labute approximate surface area is 138 Å². The van der Waals surface area contributed by atoms with Crippen molar-refractivity contribution in [1.82, 2.24) is 14.5 Å². The Bertz CT molecular complexity index is 678. The summed E-state index contributed by atoms with van der Waals surface area (Å²) in [7, 11) is -2.19. The Hall–Kier alpha value is -1.44. The fraction of sp³-hybridized carbons (Fsp3) is 0.562. The Morgan fingerprint density at radius 3 is 2.30 bits per heavy atom. The lowest BCUT2D eigenvalue weighted by Gasteiger charge is -2.37. The third kappa shape index (κ3) is 3.91. The molecule has 1 heterocycles. The third-order valence-corrected chi connectivity index (χ3v) is 5.76. The van der Waals surface area contributed by atoms with E-state index in [4.69, 9.17) is 0 Å². The average molecular weight is 339 g/mol. The van der Waals surface area contributed by atoms with Gasteiger partial charge in [-0.25, -0.2) is 13.1 Å². The molecule has 1 fully saturated rings. The molecule has 1 aliphatic heterocycles. The first-order chi connectivity index (χ1) is 10.8. The molecular weight excluding hydrogens is 314 g/mol. The minimum absolute atomic E-state index is 0.0981. The van der Waals surface area contributed by atoms with Crippen molar-refractivity contribution in [1.29, 1.82) is 0 Å². The SMILES string of the molecule is CNS(=O)(=O)c1ccc(C)c(C(=O)N2CCN(C(C)C)CC2)c1. The molecule has 7 heteroatoms. The molecule has 0 saturated carbocycles. The van der Waals surface area contributed by atoms with Crippen LogP contribution in [-0.2, 0) is 10.0 Å². The van der Waals surface area contributed by atoms with Gasteiger partial charge in [-0.3, -0.25) is 9.69 Å². The molecule has 1 aromatic rings. The highest BCUT2D eigenvalue weighted by atomic mass is 32.2. The monoisotopic (exact) mass is 339 g/mol. The van der Waals surface area contributed by atoms with E-state index in [0.29, 0.717) is 24.7 Å². The number of sulfonamides is 1. The Balaban J connectivity index is 2.22. The van der Waals surface area contributed by atoms with Crippen molar-refractivity contribution in [3.05, 3.63) is 29.3 Å². The standard InChI is InChI=1S/C16H25N3O3S/c1-12(2)18-7-9-19(10-8-18)16(20)15-11-14(6-5-13(15)3)23(21,22)17-4/h5-6,11-12,17H,7-10H2,1-4H3. The quantitative estimate of drug-likeness (QED) is 0.891. The van der Waals surface area contributed by atoms with Crippen LogP contribution >= 0.6 is 0 Å². The maximum absolute atomic E-state index is 12.8. The number of hydrogen-bond acceptors (Lipinski definition) is 4. The molecule has 23 heavy (non-hydrogen) atoms. The van der Waals surface area contributed by atoms with Gasteiger partial charge in [0.25, 0.3) is 5.91 Å². The maximum atomic E-state index is 12.8. The number of benzene rings is 1. The smallest absolute Gasteiger partial charge is 0.254 e. The molecule has 128 valence electrons.